The van der Waals surface area contributed by atoms with Crippen LogP contribution in [0, 0.1) is 5.92 Å². The van der Waals surface area contributed by atoms with Crippen LogP contribution in [-0.2, 0) is 14.3 Å². The Hall–Kier alpha value is -3.49. The summed E-state index contributed by atoms with van der Waals surface area (Å²) in [6, 6.07) is 8.77. The molecule has 0 unspecified atom stereocenters. The molecule has 2 amide bonds. The highest BCUT2D eigenvalue weighted by molar-refractivity contribution is 6.04. The molecule has 2 N–H and O–H groups in total. The fraction of sp³-hybridized carbons (Fsp3) is 0.409. The van der Waals surface area contributed by atoms with Gasteiger partial charge >= 0.3 is 5.97 Å². The number of ether oxygens (including phenoxy) is 1. The predicted molar refractivity (Wildman–Crippen MR) is 113 cm³/mol. The van der Waals surface area contributed by atoms with Gasteiger partial charge < -0.3 is 20.3 Å². The van der Waals surface area contributed by atoms with Crippen LogP contribution in [0.15, 0.2) is 42.7 Å². The molecule has 9 nitrogen and oxygen atoms in total. The molecule has 4 rings (SSSR count). The van der Waals surface area contributed by atoms with Gasteiger partial charge in [-0.05, 0) is 43.9 Å². The molecule has 0 radical (unpaired) electrons. The maximum atomic E-state index is 12.4. The number of rotatable bonds is 7. The second-order valence-corrected chi connectivity index (χ2v) is 7.76. The van der Waals surface area contributed by atoms with Gasteiger partial charge in [0.25, 0.3) is 11.8 Å². The van der Waals surface area contributed by atoms with Gasteiger partial charge in [-0.15, -0.1) is 0 Å². The fourth-order valence-electron chi connectivity index (χ4n) is 3.49. The predicted octanol–water partition coefficient (Wildman–Crippen LogP) is 1.77. The van der Waals surface area contributed by atoms with Crippen molar-refractivity contribution in [3.8, 4) is 0 Å². The third kappa shape index (κ3) is 5.56. The monoisotopic (exact) mass is 423 g/mol. The molecular weight excluding hydrogens is 398 g/mol. The maximum absolute atomic E-state index is 12.4. The van der Waals surface area contributed by atoms with E-state index in [1.165, 1.54) is 0 Å². The first-order valence-corrected chi connectivity index (χ1v) is 10.5. The normalized spacial score (nSPS) is 16.5. The van der Waals surface area contributed by atoms with Crippen molar-refractivity contribution in [2.45, 2.75) is 31.7 Å². The van der Waals surface area contributed by atoms with Gasteiger partial charge in [0, 0.05) is 31.5 Å². The minimum atomic E-state index is -0.477. The maximum Gasteiger partial charge on any atom is 0.309 e. The topological polar surface area (TPSA) is 114 Å². The van der Waals surface area contributed by atoms with E-state index in [0.29, 0.717) is 43.1 Å². The van der Waals surface area contributed by atoms with E-state index < -0.39 is 5.91 Å². The number of piperidine rings is 1. The highest BCUT2D eigenvalue weighted by Gasteiger charge is 2.28. The Kier molecular flexibility index (Phi) is 6.40. The van der Waals surface area contributed by atoms with Crippen molar-refractivity contribution in [2.24, 2.45) is 5.92 Å². The van der Waals surface area contributed by atoms with Crippen LogP contribution in [0.4, 0.5) is 11.6 Å². The van der Waals surface area contributed by atoms with Crippen LogP contribution in [0.3, 0.4) is 0 Å². The lowest BCUT2D eigenvalue weighted by Crippen LogP contribution is -2.38. The Balaban J connectivity index is 1.24. The van der Waals surface area contributed by atoms with Gasteiger partial charge in [0.15, 0.2) is 6.61 Å². The zero-order valence-corrected chi connectivity index (χ0v) is 17.1. The molecule has 2 aliphatic rings. The number of aromatic nitrogens is 2. The average Bonchev–Trinajstić information content (AvgIpc) is 3.62. The smallest absolute Gasteiger partial charge is 0.309 e. The van der Waals surface area contributed by atoms with E-state index in [9.17, 15) is 14.4 Å². The quantitative estimate of drug-likeness (QED) is 0.653. The van der Waals surface area contributed by atoms with E-state index in [4.69, 9.17) is 4.74 Å². The lowest BCUT2D eigenvalue weighted by atomic mass is 9.97. The Morgan fingerprint density at radius 3 is 2.42 bits per heavy atom. The third-order valence-electron chi connectivity index (χ3n) is 5.37. The molecule has 1 aliphatic carbocycles. The molecule has 2 aromatic rings. The van der Waals surface area contributed by atoms with E-state index in [0.717, 1.165) is 12.8 Å². The van der Waals surface area contributed by atoms with E-state index in [1.54, 1.807) is 42.7 Å². The van der Waals surface area contributed by atoms with E-state index in [1.807, 2.05) is 4.90 Å². The Morgan fingerprint density at radius 1 is 1.00 bits per heavy atom. The average molecular weight is 423 g/mol. The van der Waals surface area contributed by atoms with Crippen LogP contribution in [-0.4, -0.2) is 53.5 Å². The summed E-state index contributed by atoms with van der Waals surface area (Å²) in [4.78, 5) is 47.5. The molecule has 31 heavy (non-hydrogen) atoms. The summed E-state index contributed by atoms with van der Waals surface area (Å²) in [6.07, 6.45) is 6.57. The summed E-state index contributed by atoms with van der Waals surface area (Å²) in [6.45, 7) is 0.915. The number of nitrogens with one attached hydrogen (secondary N) is 2. The molecule has 1 aliphatic heterocycles. The number of carbonyl (C=O) groups is 3. The zero-order chi connectivity index (χ0) is 21.6. The van der Waals surface area contributed by atoms with Gasteiger partial charge in [-0.3, -0.25) is 14.4 Å². The number of anilines is 2. The van der Waals surface area contributed by atoms with Crippen molar-refractivity contribution in [3.05, 3.63) is 48.3 Å². The number of hydrogen-bond donors (Lipinski definition) is 2. The first kappa shape index (κ1) is 20.8. The number of nitrogens with zero attached hydrogens (tertiary/aromatic N) is 3. The van der Waals surface area contributed by atoms with Gasteiger partial charge in [0.1, 0.15) is 0 Å². The van der Waals surface area contributed by atoms with Crippen molar-refractivity contribution < 1.29 is 19.1 Å². The van der Waals surface area contributed by atoms with Crippen molar-refractivity contribution in [2.75, 3.05) is 29.9 Å². The Morgan fingerprint density at radius 2 is 1.71 bits per heavy atom. The van der Waals surface area contributed by atoms with E-state index >= 15 is 0 Å². The lowest BCUT2D eigenvalue weighted by molar-refractivity contribution is -0.152. The van der Waals surface area contributed by atoms with Crippen LogP contribution < -0.4 is 15.5 Å². The number of esters is 1. The summed E-state index contributed by atoms with van der Waals surface area (Å²) in [5.41, 5.74) is 0.794. The number of hydrogen-bond acceptors (Lipinski definition) is 7. The molecule has 0 atom stereocenters. The van der Waals surface area contributed by atoms with Crippen molar-refractivity contribution in [1.29, 1.82) is 0 Å². The van der Waals surface area contributed by atoms with Crippen LogP contribution >= 0.6 is 0 Å². The lowest BCUT2D eigenvalue weighted by Gasteiger charge is -2.30. The SMILES string of the molecule is O=C(COC(=O)C1CCN(c2ncccn2)CC1)Nc1ccccc1C(=O)NC1CC1. The van der Waals surface area contributed by atoms with E-state index in [2.05, 4.69) is 20.6 Å². The number of amides is 2. The molecule has 162 valence electrons. The molecule has 9 heteroatoms. The molecule has 2 fully saturated rings. The summed E-state index contributed by atoms with van der Waals surface area (Å²) >= 11 is 0. The minimum Gasteiger partial charge on any atom is -0.455 e. The second kappa shape index (κ2) is 9.55. The van der Waals surface area contributed by atoms with Crippen LogP contribution in [0.2, 0.25) is 0 Å². The highest BCUT2D eigenvalue weighted by atomic mass is 16.5. The molecule has 0 spiro atoms. The number of benzene rings is 1. The number of carbonyl (C=O) groups excluding carboxylic acids is 3. The van der Waals surface area contributed by atoms with Gasteiger partial charge in [-0.1, -0.05) is 12.1 Å². The highest BCUT2D eigenvalue weighted by Crippen LogP contribution is 2.23. The fourth-order valence-corrected chi connectivity index (χ4v) is 3.49. The molecular formula is C22H25N5O4. The first-order chi connectivity index (χ1) is 15.1. The molecule has 1 saturated heterocycles. The van der Waals surface area contributed by atoms with Gasteiger partial charge in [-0.25, -0.2) is 9.97 Å². The largest absolute Gasteiger partial charge is 0.455 e. The van der Waals surface area contributed by atoms with Crippen molar-refractivity contribution >= 4 is 29.4 Å². The molecule has 0 bridgehead atoms. The summed E-state index contributed by atoms with van der Waals surface area (Å²) in [5, 5.41) is 5.57. The van der Waals surface area contributed by atoms with Gasteiger partial charge in [0.05, 0.1) is 17.2 Å². The molecule has 1 saturated carbocycles. The van der Waals surface area contributed by atoms with Crippen molar-refractivity contribution in [1.82, 2.24) is 15.3 Å². The molecule has 2 heterocycles. The minimum absolute atomic E-state index is 0.218. The van der Waals surface area contributed by atoms with Crippen molar-refractivity contribution in [3.63, 3.8) is 0 Å². The zero-order valence-electron chi connectivity index (χ0n) is 17.1. The molecule has 1 aromatic heterocycles. The van der Waals surface area contributed by atoms with Gasteiger partial charge in [-0.2, -0.15) is 0 Å². The third-order valence-corrected chi connectivity index (χ3v) is 5.37. The second-order valence-electron chi connectivity index (χ2n) is 7.76. The molecule has 1 aromatic carbocycles. The summed E-state index contributed by atoms with van der Waals surface area (Å²) in [7, 11) is 0. The van der Waals surface area contributed by atoms with E-state index in [-0.39, 0.29) is 30.4 Å². The van der Waals surface area contributed by atoms with Crippen LogP contribution in [0.5, 0.6) is 0 Å². The number of para-hydroxylation sites is 1. The summed E-state index contributed by atoms with van der Waals surface area (Å²) in [5.74, 6) is -0.689. The van der Waals surface area contributed by atoms with Crippen LogP contribution in [0.1, 0.15) is 36.0 Å². The van der Waals surface area contributed by atoms with Gasteiger partial charge in [0.2, 0.25) is 5.95 Å². The van der Waals surface area contributed by atoms with Crippen LogP contribution in [0.25, 0.3) is 0 Å². The standard InChI is InChI=1S/C22H25N5O4/c28-19(26-18-5-2-1-4-17(18)20(29)25-16-6-7-16)14-31-21(30)15-8-12-27(13-9-15)22-23-10-3-11-24-22/h1-5,10-11,15-16H,6-9,12-14H2,(H,25,29)(H,26,28). The first-order valence-electron chi connectivity index (χ1n) is 10.5. The Labute approximate surface area is 180 Å². The Bertz CT molecular complexity index is 940. The summed E-state index contributed by atoms with van der Waals surface area (Å²) < 4.78 is 5.23.